The lowest BCUT2D eigenvalue weighted by molar-refractivity contribution is 0.147. The van der Waals surface area contributed by atoms with E-state index in [9.17, 15) is 19.8 Å². The topological polar surface area (TPSA) is 133 Å². The highest BCUT2D eigenvalue weighted by Gasteiger charge is 2.25. The Hall–Kier alpha value is -1.80. The molecule has 1 aromatic heterocycles. The smallest absolute Gasteiger partial charge is 0.330 e. The van der Waals surface area contributed by atoms with Gasteiger partial charge in [-0.25, -0.2) is 4.79 Å². The van der Waals surface area contributed by atoms with E-state index in [1.807, 2.05) is 13.8 Å². The van der Waals surface area contributed by atoms with E-state index >= 15 is 0 Å². The predicted molar refractivity (Wildman–Crippen MR) is 76.8 cm³/mol. The van der Waals surface area contributed by atoms with E-state index in [0.717, 1.165) is 0 Å². The van der Waals surface area contributed by atoms with Gasteiger partial charge in [-0.15, -0.1) is 0 Å². The SMILES string of the molecule is CC(C)Cn1c(N)c(NC(C)(CO)CO)c(=O)[nH]c1=O. The second-order valence-electron chi connectivity index (χ2n) is 5.53. The van der Waals surface area contributed by atoms with Crippen molar-refractivity contribution in [3.8, 4) is 0 Å². The van der Waals surface area contributed by atoms with E-state index in [4.69, 9.17) is 5.73 Å². The fourth-order valence-electron chi connectivity index (χ4n) is 1.69. The number of nitrogens with one attached hydrogen (secondary N) is 2. The molecular formula is C12H22N4O4. The van der Waals surface area contributed by atoms with Gasteiger partial charge in [0.05, 0.1) is 18.8 Å². The van der Waals surface area contributed by atoms with Crippen LogP contribution in [-0.4, -0.2) is 38.5 Å². The van der Waals surface area contributed by atoms with Crippen LogP contribution in [0.15, 0.2) is 9.59 Å². The van der Waals surface area contributed by atoms with Crippen LogP contribution in [0.1, 0.15) is 20.8 Å². The highest BCUT2D eigenvalue weighted by atomic mass is 16.3. The Morgan fingerprint density at radius 2 is 1.90 bits per heavy atom. The van der Waals surface area contributed by atoms with Crippen molar-refractivity contribution in [3.05, 3.63) is 20.8 Å². The highest BCUT2D eigenvalue weighted by molar-refractivity contribution is 5.61. The quantitative estimate of drug-likeness (QED) is 0.452. The van der Waals surface area contributed by atoms with Crippen LogP contribution in [0.5, 0.6) is 0 Å². The van der Waals surface area contributed by atoms with Crippen LogP contribution in [-0.2, 0) is 6.54 Å². The first kappa shape index (κ1) is 16.3. The van der Waals surface area contributed by atoms with Gasteiger partial charge in [0.2, 0.25) is 0 Å². The fourth-order valence-corrected chi connectivity index (χ4v) is 1.69. The van der Waals surface area contributed by atoms with Crippen LogP contribution in [0.4, 0.5) is 11.5 Å². The zero-order valence-electron chi connectivity index (χ0n) is 11.9. The molecule has 0 saturated carbocycles. The summed E-state index contributed by atoms with van der Waals surface area (Å²) in [6, 6.07) is 0. The van der Waals surface area contributed by atoms with E-state index in [0.29, 0.717) is 6.54 Å². The van der Waals surface area contributed by atoms with E-state index < -0.39 is 30.0 Å². The maximum Gasteiger partial charge on any atom is 0.330 e. The number of nitrogens with zero attached hydrogens (tertiary/aromatic N) is 1. The Balaban J connectivity index is 3.34. The lowest BCUT2D eigenvalue weighted by atomic mass is 10.1. The van der Waals surface area contributed by atoms with Gasteiger partial charge in [0.25, 0.3) is 5.56 Å². The molecule has 0 fully saturated rings. The molecule has 0 spiro atoms. The summed E-state index contributed by atoms with van der Waals surface area (Å²) >= 11 is 0. The summed E-state index contributed by atoms with van der Waals surface area (Å²) in [6.45, 7) is 4.91. The number of aromatic amines is 1. The van der Waals surface area contributed by atoms with Crippen molar-refractivity contribution < 1.29 is 10.2 Å². The third-order valence-electron chi connectivity index (χ3n) is 2.91. The van der Waals surface area contributed by atoms with E-state index in [1.54, 1.807) is 0 Å². The van der Waals surface area contributed by atoms with E-state index in [-0.39, 0.29) is 17.4 Å². The summed E-state index contributed by atoms with van der Waals surface area (Å²) in [4.78, 5) is 25.8. The van der Waals surface area contributed by atoms with Crippen molar-refractivity contribution in [2.24, 2.45) is 5.92 Å². The van der Waals surface area contributed by atoms with Gasteiger partial charge in [-0.1, -0.05) is 13.8 Å². The van der Waals surface area contributed by atoms with Gasteiger partial charge in [0, 0.05) is 6.54 Å². The molecule has 0 amide bonds. The standard InChI is InChI=1S/C12H22N4O4/c1-7(2)4-16-9(13)8(10(19)14-11(16)20)15-12(3,5-17)6-18/h7,15,17-18H,4-6,13H2,1-3H3,(H,14,19,20). The summed E-state index contributed by atoms with van der Waals surface area (Å²) in [5.41, 5.74) is 3.46. The number of hydrogen-bond acceptors (Lipinski definition) is 6. The summed E-state index contributed by atoms with van der Waals surface area (Å²) in [6.07, 6.45) is 0. The monoisotopic (exact) mass is 286 g/mol. The van der Waals surface area contributed by atoms with Gasteiger partial charge >= 0.3 is 5.69 Å². The number of nitrogen functional groups attached to an aromatic ring is 1. The number of rotatable bonds is 6. The molecule has 1 heterocycles. The summed E-state index contributed by atoms with van der Waals surface area (Å²) in [5.74, 6) is 0.149. The Bertz CT molecular complexity index is 572. The molecule has 0 atom stereocenters. The maximum absolute atomic E-state index is 11.8. The van der Waals surface area contributed by atoms with Crippen molar-refractivity contribution in [2.75, 3.05) is 24.3 Å². The van der Waals surface area contributed by atoms with E-state index in [1.165, 1.54) is 11.5 Å². The van der Waals surface area contributed by atoms with Crippen LogP contribution in [0.3, 0.4) is 0 Å². The van der Waals surface area contributed by atoms with Crippen LogP contribution >= 0.6 is 0 Å². The van der Waals surface area contributed by atoms with Crippen LogP contribution < -0.4 is 22.3 Å². The molecule has 0 saturated heterocycles. The molecule has 0 unspecified atom stereocenters. The number of H-pyrrole nitrogens is 1. The van der Waals surface area contributed by atoms with Crippen LogP contribution in [0.25, 0.3) is 0 Å². The Morgan fingerprint density at radius 1 is 1.35 bits per heavy atom. The average molecular weight is 286 g/mol. The second-order valence-corrected chi connectivity index (χ2v) is 5.53. The third-order valence-corrected chi connectivity index (χ3v) is 2.91. The molecule has 8 heteroatoms. The van der Waals surface area contributed by atoms with Crippen molar-refractivity contribution in [2.45, 2.75) is 32.9 Å². The summed E-state index contributed by atoms with van der Waals surface area (Å²) in [7, 11) is 0. The minimum atomic E-state index is -1.11. The van der Waals surface area contributed by atoms with Crippen molar-refractivity contribution in [1.29, 1.82) is 0 Å². The number of nitrogens with two attached hydrogens (primary N) is 1. The molecule has 0 aliphatic heterocycles. The van der Waals surface area contributed by atoms with E-state index in [2.05, 4.69) is 10.3 Å². The molecule has 8 nitrogen and oxygen atoms in total. The number of aliphatic hydroxyl groups is 2. The van der Waals surface area contributed by atoms with Gasteiger partial charge < -0.3 is 21.3 Å². The molecule has 114 valence electrons. The zero-order valence-corrected chi connectivity index (χ0v) is 11.9. The van der Waals surface area contributed by atoms with Crippen LogP contribution in [0, 0.1) is 5.92 Å². The molecule has 6 N–H and O–H groups in total. The molecule has 0 aliphatic carbocycles. The molecule has 20 heavy (non-hydrogen) atoms. The first-order valence-corrected chi connectivity index (χ1v) is 6.36. The molecule has 0 aliphatic rings. The fraction of sp³-hybridized carbons (Fsp3) is 0.667. The lowest BCUT2D eigenvalue weighted by Gasteiger charge is -2.28. The molecular weight excluding hydrogens is 264 g/mol. The Kier molecular flexibility index (Phi) is 4.96. The first-order chi connectivity index (χ1) is 9.24. The maximum atomic E-state index is 11.8. The molecule has 0 bridgehead atoms. The molecule has 1 rings (SSSR count). The lowest BCUT2D eigenvalue weighted by Crippen LogP contribution is -2.46. The van der Waals surface area contributed by atoms with Gasteiger partial charge in [0.1, 0.15) is 11.5 Å². The molecule has 0 radical (unpaired) electrons. The van der Waals surface area contributed by atoms with Crippen molar-refractivity contribution >= 4 is 11.5 Å². The van der Waals surface area contributed by atoms with Crippen molar-refractivity contribution in [3.63, 3.8) is 0 Å². The summed E-state index contributed by atoms with van der Waals surface area (Å²) in [5, 5.41) is 21.2. The number of anilines is 2. The Morgan fingerprint density at radius 3 is 2.35 bits per heavy atom. The second kappa shape index (κ2) is 6.10. The van der Waals surface area contributed by atoms with Gasteiger partial charge in [-0.05, 0) is 12.8 Å². The van der Waals surface area contributed by atoms with Gasteiger partial charge in [-0.2, -0.15) is 0 Å². The first-order valence-electron chi connectivity index (χ1n) is 6.36. The number of aromatic nitrogens is 2. The van der Waals surface area contributed by atoms with Gasteiger partial charge in [-0.3, -0.25) is 14.3 Å². The molecule has 0 aromatic carbocycles. The highest BCUT2D eigenvalue weighted by Crippen LogP contribution is 2.17. The normalized spacial score (nSPS) is 11.9. The predicted octanol–water partition coefficient (Wildman–Crippen LogP) is -1.07. The average Bonchev–Trinajstić information content (AvgIpc) is 2.39. The number of aliphatic hydroxyl groups excluding tert-OH is 2. The van der Waals surface area contributed by atoms with Crippen molar-refractivity contribution in [1.82, 2.24) is 9.55 Å². The number of hydrogen-bond donors (Lipinski definition) is 5. The van der Waals surface area contributed by atoms with Gasteiger partial charge in [0.15, 0.2) is 0 Å². The minimum absolute atomic E-state index is 0.0134. The minimum Gasteiger partial charge on any atom is -0.394 e. The Labute approximate surface area is 116 Å². The zero-order chi connectivity index (χ0) is 15.5. The third kappa shape index (κ3) is 3.40. The molecule has 1 aromatic rings. The largest absolute Gasteiger partial charge is 0.394 e. The summed E-state index contributed by atoms with van der Waals surface area (Å²) < 4.78 is 1.25. The van der Waals surface area contributed by atoms with Crippen LogP contribution in [0.2, 0.25) is 0 Å².